The maximum atomic E-state index is 12.9. The zero-order valence-electron chi connectivity index (χ0n) is 16.9. The first-order chi connectivity index (χ1) is 14.5. The highest BCUT2D eigenvalue weighted by Crippen LogP contribution is 2.33. The van der Waals surface area contributed by atoms with Crippen LogP contribution in [0.3, 0.4) is 0 Å². The summed E-state index contributed by atoms with van der Waals surface area (Å²) in [5, 5.41) is 6.64. The second-order valence-electron chi connectivity index (χ2n) is 7.14. The Morgan fingerprint density at radius 3 is 2.83 bits per heavy atom. The van der Waals surface area contributed by atoms with Crippen LogP contribution in [0.4, 0.5) is 4.79 Å². The summed E-state index contributed by atoms with van der Waals surface area (Å²) in [7, 11) is 0. The third kappa shape index (κ3) is 5.14. The number of hydrogen-bond acceptors (Lipinski definition) is 6. The van der Waals surface area contributed by atoms with Crippen molar-refractivity contribution < 1.29 is 23.6 Å². The molecule has 1 fully saturated rings. The molecule has 2 atom stereocenters. The summed E-state index contributed by atoms with van der Waals surface area (Å²) < 4.78 is 10.3. The topological polar surface area (TPSA) is 102 Å². The number of benzene rings is 1. The number of Topliss-reactive ketones (excluding diaryl/α,β-unsaturated/α-hetero) is 1. The lowest BCUT2D eigenvalue weighted by Gasteiger charge is -2.23. The number of ketones is 1. The Labute approximate surface area is 174 Å². The van der Waals surface area contributed by atoms with Gasteiger partial charge in [-0.05, 0) is 31.9 Å². The summed E-state index contributed by atoms with van der Waals surface area (Å²) in [5.74, 6) is 0.175. The number of aromatic nitrogens is 1. The molecule has 30 heavy (non-hydrogen) atoms. The van der Waals surface area contributed by atoms with Crippen molar-refractivity contribution >= 4 is 17.8 Å². The van der Waals surface area contributed by atoms with Crippen molar-refractivity contribution in [2.45, 2.75) is 38.3 Å². The normalized spacial score (nSPS) is 16.7. The molecule has 1 aliphatic rings. The molecule has 0 saturated carbocycles. The van der Waals surface area contributed by atoms with E-state index in [0.717, 1.165) is 12.8 Å². The Morgan fingerprint density at radius 2 is 2.13 bits per heavy atom. The van der Waals surface area contributed by atoms with E-state index >= 15 is 0 Å². The second kappa shape index (κ2) is 9.87. The number of hydrogen-bond donors (Lipinski definition) is 1. The number of likely N-dealkylation sites (tertiary alicyclic amines) is 1. The van der Waals surface area contributed by atoms with Crippen LogP contribution >= 0.6 is 0 Å². The van der Waals surface area contributed by atoms with Gasteiger partial charge in [0.2, 0.25) is 0 Å². The quantitative estimate of drug-likeness (QED) is 0.670. The first kappa shape index (κ1) is 21.3. The monoisotopic (exact) mass is 411 g/mol. The predicted molar refractivity (Wildman–Crippen MR) is 109 cm³/mol. The van der Waals surface area contributed by atoms with E-state index in [4.69, 9.17) is 9.26 Å². The average molecular weight is 411 g/mol. The Hall–Kier alpha value is -3.42. The second-order valence-corrected chi connectivity index (χ2v) is 7.14. The first-order valence-corrected chi connectivity index (χ1v) is 9.85. The third-order valence-electron chi connectivity index (χ3n) is 4.97. The molecule has 2 heterocycles. The summed E-state index contributed by atoms with van der Waals surface area (Å²) in [4.78, 5) is 38.3. The minimum atomic E-state index is -0.797. The molecule has 8 heteroatoms. The minimum Gasteiger partial charge on any atom is -0.445 e. The fraction of sp³-hybridized carbons (Fsp3) is 0.364. The van der Waals surface area contributed by atoms with E-state index in [9.17, 15) is 14.4 Å². The molecule has 1 aromatic heterocycles. The van der Waals surface area contributed by atoms with E-state index in [1.807, 2.05) is 18.2 Å². The number of nitrogens with zero attached hydrogens (tertiary/aromatic N) is 2. The molecule has 8 nitrogen and oxygen atoms in total. The van der Waals surface area contributed by atoms with E-state index in [-0.39, 0.29) is 30.8 Å². The lowest BCUT2D eigenvalue weighted by atomic mass is 10.1. The van der Waals surface area contributed by atoms with Crippen molar-refractivity contribution in [2.24, 2.45) is 0 Å². The number of alkyl carbamates (subject to hydrolysis) is 1. The SMILES string of the molecule is C=CCOC(=O)NC(Cc1cc(C2CCCN2C(=O)c2ccccc2)no1)C(C)=O. The molecule has 0 spiro atoms. The summed E-state index contributed by atoms with van der Waals surface area (Å²) in [6, 6.07) is 9.89. The van der Waals surface area contributed by atoms with Gasteiger partial charge >= 0.3 is 6.09 Å². The molecule has 1 N–H and O–H groups in total. The van der Waals surface area contributed by atoms with Crippen molar-refractivity contribution in [1.82, 2.24) is 15.4 Å². The van der Waals surface area contributed by atoms with E-state index < -0.39 is 12.1 Å². The fourth-order valence-corrected chi connectivity index (χ4v) is 3.46. The predicted octanol–water partition coefficient (Wildman–Crippen LogP) is 3.06. The Morgan fingerprint density at radius 1 is 1.37 bits per heavy atom. The van der Waals surface area contributed by atoms with Crippen LogP contribution < -0.4 is 5.32 Å². The van der Waals surface area contributed by atoms with Gasteiger partial charge in [-0.3, -0.25) is 9.59 Å². The van der Waals surface area contributed by atoms with E-state index in [1.54, 1.807) is 23.1 Å². The zero-order chi connectivity index (χ0) is 21.5. The number of ether oxygens (including phenoxy) is 1. The minimum absolute atomic E-state index is 0.0455. The average Bonchev–Trinajstić information content (AvgIpc) is 3.41. The van der Waals surface area contributed by atoms with Crippen LogP contribution in [0.25, 0.3) is 0 Å². The van der Waals surface area contributed by atoms with Crippen molar-refractivity contribution in [2.75, 3.05) is 13.2 Å². The fourth-order valence-electron chi connectivity index (χ4n) is 3.46. The molecule has 1 aromatic carbocycles. The molecule has 0 aliphatic carbocycles. The van der Waals surface area contributed by atoms with Crippen molar-refractivity contribution in [3.63, 3.8) is 0 Å². The molecule has 1 aliphatic heterocycles. The van der Waals surface area contributed by atoms with E-state index in [1.165, 1.54) is 13.0 Å². The van der Waals surface area contributed by atoms with Crippen molar-refractivity contribution in [3.05, 3.63) is 66.1 Å². The standard InChI is InChI=1S/C22H25N3O5/c1-3-12-29-22(28)23-18(15(2)26)13-17-14-19(24-30-17)20-10-7-11-25(20)21(27)16-8-5-4-6-9-16/h3-6,8-9,14,18,20H,1,7,10-13H2,2H3,(H,23,28). The Bertz CT molecular complexity index is 909. The zero-order valence-corrected chi connectivity index (χ0v) is 16.9. The summed E-state index contributed by atoms with van der Waals surface area (Å²) in [6.07, 6.45) is 2.54. The van der Waals surface area contributed by atoms with Gasteiger partial charge in [0.15, 0.2) is 5.78 Å². The van der Waals surface area contributed by atoms with Gasteiger partial charge in [0.05, 0.1) is 12.1 Å². The summed E-state index contributed by atoms with van der Waals surface area (Å²) in [6.45, 7) is 5.55. The molecular formula is C22H25N3O5. The van der Waals surface area contributed by atoms with Gasteiger partial charge in [-0.1, -0.05) is 36.0 Å². The van der Waals surface area contributed by atoms with Gasteiger partial charge in [0.25, 0.3) is 5.91 Å². The van der Waals surface area contributed by atoms with Crippen LogP contribution in [0.5, 0.6) is 0 Å². The van der Waals surface area contributed by atoms with E-state index in [2.05, 4.69) is 17.1 Å². The van der Waals surface area contributed by atoms with Gasteiger partial charge in [-0.2, -0.15) is 0 Å². The number of amides is 2. The van der Waals surface area contributed by atoms with Gasteiger partial charge in [0.1, 0.15) is 18.1 Å². The van der Waals surface area contributed by atoms with Gasteiger partial charge in [-0.15, -0.1) is 0 Å². The van der Waals surface area contributed by atoms with Crippen molar-refractivity contribution in [1.29, 1.82) is 0 Å². The maximum Gasteiger partial charge on any atom is 0.408 e. The molecule has 1 saturated heterocycles. The largest absolute Gasteiger partial charge is 0.445 e. The third-order valence-corrected chi connectivity index (χ3v) is 4.97. The molecule has 0 bridgehead atoms. The molecule has 2 aromatic rings. The van der Waals surface area contributed by atoms with Crippen LogP contribution in [-0.2, 0) is 16.0 Å². The van der Waals surface area contributed by atoms with Crippen LogP contribution in [0.15, 0.2) is 53.6 Å². The summed E-state index contributed by atoms with van der Waals surface area (Å²) in [5.41, 5.74) is 1.27. The molecule has 0 radical (unpaired) electrons. The first-order valence-electron chi connectivity index (χ1n) is 9.85. The number of carbonyl (C=O) groups excluding carboxylic acids is 3. The highest BCUT2D eigenvalue weighted by Gasteiger charge is 2.33. The van der Waals surface area contributed by atoms with Gasteiger partial charge in [-0.25, -0.2) is 4.79 Å². The lowest BCUT2D eigenvalue weighted by molar-refractivity contribution is -0.119. The lowest BCUT2D eigenvalue weighted by Crippen LogP contribution is -2.41. The molecule has 2 amide bonds. The summed E-state index contributed by atoms with van der Waals surface area (Å²) >= 11 is 0. The molecule has 158 valence electrons. The number of nitrogens with one attached hydrogen (secondary N) is 1. The molecule has 2 unspecified atom stereocenters. The van der Waals surface area contributed by atoms with Crippen LogP contribution in [0, 0.1) is 0 Å². The van der Waals surface area contributed by atoms with E-state index in [0.29, 0.717) is 23.6 Å². The highest BCUT2D eigenvalue weighted by atomic mass is 16.5. The Kier molecular flexibility index (Phi) is 7.00. The number of rotatable bonds is 8. The molecular weight excluding hydrogens is 386 g/mol. The van der Waals surface area contributed by atoms with Crippen LogP contribution in [0.1, 0.15) is 47.6 Å². The molecule has 3 rings (SSSR count). The maximum absolute atomic E-state index is 12.9. The smallest absolute Gasteiger partial charge is 0.408 e. The van der Waals surface area contributed by atoms with Crippen LogP contribution in [-0.4, -0.2) is 47.0 Å². The number of carbonyl (C=O) groups is 3. The Balaban J connectivity index is 1.68. The van der Waals surface area contributed by atoms with Gasteiger partial charge in [0, 0.05) is 24.6 Å². The van der Waals surface area contributed by atoms with Crippen LogP contribution in [0.2, 0.25) is 0 Å². The van der Waals surface area contributed by atoms with Crippen molar-refractivity contribution in [3.8, 4) is 0 Å². The highest BCUT2D eigenvalue weighted by molar-refractivity contribution is 5.94. The van der Waals surface area contributed by atoms with Gasteiger partial charge < -0.3 is 19.5 Å².